The van der Waals surface area contributed by atoms with Gasteiger partial charge in [-0.05, 0) is 103 Å². The fourth-order valence-electron chi connectivity index (χ4n) is 10.2. The Kier molecular flexibility index (Phi) is 8.13. The van der Waals surface area contributed by atoms with Gasteiger partial charge >= 0.3 is 0 Å². The average molecular weight is 754 g/mol. The first-order chi connectivity index (χ1) is 29.0. The molecule has 0 atom stereocenters. The zero-order chi connectivity index (χ0) is 39.6. The van der Waals surface area contributed by atoms with Gasteiger partial charge in [-0.1, -0.05) is 208 Å². The number of nitrogens with zero attached hydrogens (tertiary/aromatic N) is 1. The fourth-order valence-corrected chi connectivity index (χ4v) is 10.2. The van der Waals surface area contributed by atoms with Gasteiger partial charge in [0.25, 0.3) is 0 Å². The van der Waals surface area contributed by atoms with Crippen molar-refractivity contribution in [2.45, 2.75) is 24.7 Å². The van der Waals surface area contributed by atoms with Crippen molar-refractivity contribution in [2.24, 2.45) is 0 Å². The van der Waals surface area contributed by atoms with Crippen molar-refractivity contribution in [3.63, 3.8) is 0 Å². The zero-order valence-corrected chi connectivity index (χ0v) is 33.3. The zero-order valence-electron chi connectivity index (χ0n) is 33.3. The Balaban J connectivity index is 1.12. The van der Waals surface area contributed by atoms with E-state index >= 15 is 0 Å². The number of hydrogen-bond acceptors (Lipinski definition) is 1. The highest BCUT2D eigenvalue weighted by atomic mass is 15.1. The standard InChI is InChI=1S/C58H43N/c1-57(2)51-25-14-12-23-48(51)49-38-37-47(39-54(49)57)59(46-35-33-43(34-36-46)42-31-29-41(30-32-42)40-17-6-3-7-18-40)55-28-16-27-53-56(55)50-24-13-15-26-52(50)58(53,44-19-8-4-9-20-44)45-21-10-5-11-22-45/h3-39H,1-2H3. The summed E-state index contributed by atoms with van der Waals surface area (Å²) in [6, 6.07) is 82.9. The smallest absolute Gasteiger partial charge is 0.0714 e. The Morgan fingerprint density at radius 1 is 0.322 bits per heavy atom. The van der Waals surface area contributed by atoms with Crippen LogP contribution in [0.1, 0.15) is 47.2 Å². The molecule has 11 rings (SSSR count). The molecule has 0 fully saturated rings. The number of anilines is 3. The predicted octanol–water partition coefficient (Wildman–Crippen LogP) is 15.2. The molecule has 2 aliphatic rings. The summed E-state index contributed by atoms with van der Waals surface area (Å²) in [4.78, 5) is 2.50. The second-order valence-electron chi connectivity index (χ2n) is 16.5. The number of rotatable bonds is 7. The molecule has 0 spiro atoms. The van der Waals surface area contributed by atoms with Crippen LogP contribution in [0.25, 0.3) is 44.5 Å². The molecule has 280 valence electrons. The molecule has 1 heteroatoms. The second kappa shape index (κ2) is 13.7. The third kappa shape index (κ3) is 5.39. The Labute approximate surface area is 347 Å². The number of benzene rings is 9. The maximum Gasteiger partial charge on any atom is 0.0714 e. The normalized spacial score (nSPS) is 13.9. The minimum Gasteiger partial charge on any atom is -0.310 e. The van der Waals surface area contributed by atoms with Crippen LogP contribution in [0.3, 0.4) is 0 Å². The lowest BCUT2D eigenvalue weighted by molar-refractivity contribution is 0.660. The minimum absolute atomic E-state index is 0.135. The van der Waals surface area contributed by atoms with E-state index in [2.05, 4.69) is 243 Å². The van der Waals surface area contributed by atoms with Crippen LogP contribution in [0.15, 0.2) is 224 Å². The third-order valence-electron chi connectivity index (χ3n) is 13.0. The van der Waals surface area contributed by atoms with Gasteiger partial charge in [0, 0.05) is 22.4 Å². The van der Waals surface area contributed by atoms with Gasteiger partial charge in [-0.25, -0.2) is 0 Å². The SMILES string of the molecule is CC1(C)c2ccccc2-c2ccc(N(c3ccc(-c4ccc(-c5ccccc5)cc4)cc3)c3cccc4c3-c3ccccc3C4(c3ccccc3)c3ccccc3)cc21. The first kappa shape index (κ1) is 35.0. The lowest BCUT2D eigenvalue weighted by Crippen LogP contribution is -2.28. The van der Waals surface area contributed by atoms with Crippen LogP contribution in [0.2, 0.25) is 0 Å². The molecule has 0 saturated carbocycles. The monoisotopic (exact) mass is 753 g/mol. The van der Waals surface area contributed by atoms with E-state index in [0.717, 1.165) is 17.1 Å². The van der Waals surface area contributed by atoms with E-state index in [1.54, 1.807) is 0 Å². The largest absolute Gasteiger partial charge is 0.310 e. The molecule has 0 aliphatic heterocycles. The van der Waals surface area contributed by atoms with Crippen LogP contribution < -0.4 is 4.90 Å². The molecule has 0 amide bonds. The molecule has 1 nitrogen and oxygen atoms in total. The molecule has 59 heavy (non-hydrogen) atoms. The highest BCUT2D eigenvalue weighted by Crippen LogP contribution is 2.60. The van der Waals surface area contributed by atoms with Crippen LogP contribution in [0, 0.1) is 0 Å². The Bertz CT molecular complexity index is 2940. The van der Waals surface area contributed by atoms with Gasteiger partial charge in [0.05, 0.1) is 11.1 Å². The molecule has 0 radical (unpaired) electrons. The topological polar surface area (TPSA) is 3.24 Å². The van der Waals surface area contributed by atoms with Crippen LogP contribution in [-0.2, 0) is 10.8 Å². The fraction of sp³-hybridized carbons (Fsp3) is 0.0690. The predicted molar refractivity (Wildman–Crippen MR) is 247 cm³/mol. The van der Waals surface area contributed by atoms with Gasteiger partial charge in [0.2, 0.25) is 0 Å². The quantitative estimate of drug-likeness (QED) is 0.157. The lowest BCUT2D eigenvalue weighted by Gasteiger charge is -2.34. The van der Waals surface area contributed by atoms with E-state index in [0.29, 0.717) is 0 Å². The summed E-state index contributed by atoms with van der Waals surface area (Å²) in [5, 5.41) is 0. The van der Waals surface area contributed by atoms with Gasteiger partial charge in [-0.2, -0.15) is 0 Å². The molecule has 0 saturated heterocycles. The lowest BCUT2D eigenvalue weighted by atomic mass is 9.68. The maximum atomic E-state index is 2.50. The van der Waals surface area contributed by atoms with Crippen molar-refractivity contribution in [1.82, 2.24) is 0 Å². The van der Waals surface area contributed by atoms with E-state index < -0.39 is 5.41 Å². The van der Waals surface area contributed by atoms with Crippen LogP contribution in [0.5, 0.6) is 0 Å². The highest BCUT2D eigenvalue weighted by molar-refractivity contribution is 5.98. The summed E-state index contributed by atoms with van der Waals surface area (Å²) in [5.74, 6) is 0. The molecule has 9 aromatic carbocycles. The minimum atomic E-state index is -0.493. The van der Waals surface area contributed by atoms with Crippen LogP contribution in [0.4, 0.5) is 17.1 Å². The molecule has 0 bridgehead atoms. The highest BCUT2D eigenvalue weighted by Gasteiger charge is 2.47. The number of fused-ring (bicyclic) bond motifs is 6. The first-order valence-corrected chi connectivity index (χ1v) is 20.7. The molecule has 0 unspecified atom stereocenters. The molecular weight excluding hydrogens is 711 g/mol. The van der Waals surface area contributed by atoms with Crippen molar-refractivity contribution in [3.8, 4) is 44.5 Å². The Morgan fingerprint density at radius 2 is 0.780 bits per heavy atom. The molecule has 0 heterocycles. The molecule has 2 aliphatic carbocycles. The third-order valence-corrected chi connectivity index (χ3v) is 13.0. The van der Waals surface area contributed by atoms with Crippen LogP contribution >= 0.6 is 0 Å². The average Bonchev–Trinajstić information content (AvgIpc) is 3.74. The summed E-state index contributed by atoms with van der Waals surface area (Å²) in [6.45, 7) is 4.74. The van der Waals surface area contributed by atoms with Crippen molar-refractivity contribution in [2.75, 3.05) is 4.90 Å². The van der Waals surface area contributed by atoms with E-state index in [1.165, 1.54) is 77.9 Å². The summed E-state index contributed by atoms with van der Waals surface area (Å²) in [6.07, 6.45) is 0. The van der Waals surface area contributed by atoms with Gasteiger partial charge in [-0.3, -0.25) is 0 Å². The Morgan fingerprint density at radius 3 is 1.41 bits per heavy atom. The van der Waals surface area contributed by atoms with Gasteiger partial charge in [0.15, 0.2) is 0 Å². The summed E-state index contributed by atoms with van der Waals surface area (Å²) < 4.78 is 0. The summed E-state index contributed by atoms with van der Waals surface area (Å²) in [5.41, 5.74) is 20.7. The summed E-state index contributed by atoms with van der Waals surface area (Å²) >= 11 is 0. The van der Waals surface area contributed by atoms with Gasteiger partial charge in [-0.15, -0.1) is 0 Å². The van der Waals surface area contributed by atoms with Crippen molar-refractivity contribution < 1.29 is 0 Å². The van der Waals surface area contributed by atoms with E-state index in [9.17, 15) is 0 Å². The summed E-state index contributed by atoms with van der Waals surface area (Å²) in [7, 11) is 0. The maximum absolute atomic E-state index is 2.50. The Hall–Kier alpha value is -7.22. The van der Waals surface area contributed by atoms with Crippen molar-refractivity contribution in [3.05, 3.63) is 258 Å². The van der Waals surface area contributed by atoms with Crippen molar-refractivity contribution >= 4 is 17.1 Å². The van der Waals surface area contributed by atoms with Gasteiger partial charge in [0.1, 0.15) is 0 Å². The number of hydrogen-bond donors (Lipinski definition) is 0. The van der Waals surface area contributed by atoms with E-state index in [4.69, 9.17) is 0 Å². The molecule has 0 aromatic heterocycles. The second-order valence-corrected chi connectivity index (χ2v) is 16.5. The molecule has 9 aromatic rings. The van der Waals surface area contributed by atoms with E-state index in [1.807, 2.05) is 0 Å². The van der Waals surface area contributed by atoms with Crippen molar-refractivity contribution in [1.29, 1.82) is 0 Å². The van der Waals surface area contributed by atoms with Gasteiger partial charge < -0.3 is 4.90 Å². The molecule has 0 N–H and O–H groups in total. The van der Waals surface area contributed by atoms with E-state index in [-0.39, 0.29) is 5.41 Å². The first-order valence-electron chi connectivity index (χ1n) is 20.7. The van der Waals surface area contributed by atoms with Crippen LogP contribution in [-0.4, -0.2) is 0 Å². The molecular formula is C58H43N.